The standard InChI is InChI=1S/C15H16IN/c1-12(14-7-3-2-4-8-14)17-11-13-6-5-9-15(16)10-13/h2-10,12,17H,11H2,1H3/t12-/m1/s1. The molecule has 0 aliphatic carbocycles. The summed E-state index contributed by atoms with van der Waals surface area (Å²) in [6, 6.07) is 19.5. The smallest absolute Gasteiger partial charge is 0.0294 e. The molecule has 0 saturated carbocycles. The summed E-state index contributed by atoms with van der Waals surface area (Å²) in [5.41, 5.74) is 2.66. The molecule has 2 rings (SSSR count). The second-order valence-corrected chi connectivity index (χ2v) is 5.39. The highest BCUT2D eigenvalue weighted by molar-refractivity contribution is 14.1. The molecular weight excluding hydrogens is 321 g/mol. The molecule has 0 aromatic heterocycles. The van der Waals surface area contributed by atoms with Gasteiger partial charge in [-0.25, -0.2) is 0 Å². The first-order valence-electron chi connectivity index (χ1n) is 5.78. The molecule has 0 heterocycles. The molecule has 0 unspecified atom stereocenters. The van der Waals surface area contributed by atoms with Crippen molar-refractivity contribution in [2.24, 2.45) is 0 Å². The molecule has 1 atom stereocenters. The molecule has 0 spiro atoms. The van der Waals surface area contributed by atoms with Gasteiger partial charge in [0.2, 0.25) is 0 Å². The van der Waals surface area contributed by atoms with E-state index < -0.39 is 0 Å². The van der Waals surface area contributed by atoms with Gasteiger partial charge in [-0.2, -0.15) is 0 Å². The molecule has 0 saturated heterocycles. The first-order valence-corrected chi connectivity index (χ1v) is 6.86. The van der Waals surface area contributed by atoms with Gasteiger partial charge in [-0.3, -0.25) is 0 Å². The number of hydrogen-bond donors (Lipinski definition) is 1. The van der Waals surface area contributed by atoms with E-state index in [9.17, 15) is 0 Å². The van der Waals surface area contributed by atoms with Crippen LogP contribution in [0.4, 0.5) is 0 Å². The van der Waals surface area contributed by atoms with Crippen molar-refractivity contribution in [3.63, 3.8) is 0 Å². The van der Waals surface area contributed by atoms with Crippen LogP contribution in [0.1, 0.15) is 24.1 Å². The lowest BCUT2D eigenvalue weighted by Gasteiger charge is -2.14. The van der Waals surface area contributed by atoms with Crippen molar-refractivity contribution in [1.29, 1.82) is 0 Å². The van der Waals surface area contributed by atoms with Crippen LogP contribution < -0.4 is 5.32 Å². The summed E-state index contributed by atoms with van der Waals surface area (Å²) in [6.45, 7) is 3.11. The quantitative estimate of drug-likeness (QED) is 0.827. The lowest BCUT2D eigenvalue weighted by molar-refractivity contribution is 0.574. The van der Waals surface area contributed by atoms with E-state index in [1.165, 1.54) is 14.7 Å². The van der Waals surface area contributed by atoms with E-state index in [4.69, 9.17) is 0 Å². The van der Waals surface area contributed by atoms with Crippen LogP contribution in [0.3, 0.4) is 0 Å². The molecule has 1 nitrogen and oxygen atoms in total. The summed E-state index contributed by atoms with van der Waals surface area (Å²) >= 11 is 2.35. The summed E-state index contributed by atoms with van der Waals surface area (Å²) in [4.78, 5) is 0. The van der Waals surface area contributed by atoms with E-state index in [0.717, 1.165) is 6.54 Å². The van der Waals surface area contributed by atoms with E-state index in [1.807, 2.05) is 0 Å². The van der Waals surface area contributed by atoms with E-state index >= 15 is 0 Å². The number of hydrogen-bond acceptors (Lipinski definition) is 1. The van der Waals surface area contributed by atoms with Gasteiger partial charge in [0.05, 0.1) is 0 Å². The lowest BCUT2D eigenvalue weighted by atomic mass is 10.1. The lowest BCUT2D eigenvalue weighted by Crippen LogP contribution is -2.17. The Bertz CT molecular complexity index is 467. The first-order chi connectivity index (χ1) is 8.25. The summed E-state index contributed by atoms with van der Waals surface area (Å²) in [5, 5.41) is 3.54. The molecule has 0 bridgehead atoms. The third-order valence-electron chi connectivity index (χ3n) is 2.80. The van der Waals surface area contributed by atoms with Crippen LogP contribution >= 0.6 is 22.6 Å². The van der Waals surface area contributed by atoms with Crippen molar-refractivity contribution in [1.82, 2.24) is 5.32 Å². The van der Waals surface area contributed by atoms with E-state index in [2.05, 4.69) is 89.4 Å². The Balaban J connectivity index is 1.95. The third-order valence-corrected chi connectivity index (χ3v) is 3.47. The van der Waals surface area contributed by atoms with Gasteiger partial charge in [-0.15, -0.1) is 0 Å². The summed E-state index contributed by atoms with van der Waals surface area (Å²) < 4.78 is 1.29. The Morgan fingerprint density at radius 1 is 1.06 bits per heavy atom. The van der Waals surface area contributed by atoms with Crippen LogP contribution in [0, 0.1) is 3.57 Å². The molecule has 1 N–H and O–H groups in total. The number of halogens is 1. The fraction of sp³-hybridized carbons (Fsp3) is 0.200. The highest BCUT2D eigenvalue weighted by Gasteiger charge is 2.03. The Hall–Kier alpha value is -0.870. The minimum Gasteiger partial charge on any atom is -0.306 e. The van der Waals surface area contributed by atoms with Crippen molar-refractivity contribution in [2.45, 2.75) is 19.5 Å². The van der Waals surface area contributed by atoms with Crippen molar-refractivity contribution < 1.29 is 0 Å². The van der Waals surface area contributed by atoms with Crippen LogP contribution in [0.25, 0.3) is 0 Å². The predicted octanol–water partition coefficient (Wildman–Crippen LogP) is 4.14. The van der Waals surface area contributed by atoms with Crippen LogP contribution in [-0.4, -0.2) is 0 Å². The van der Waals surface area contributed by atoms with Gasteiger partial charge >= 0.3 is 0 Å². The SMILES string of the molecule is C[C@@H](NCc1cccc(I)c1)c1ccccc1. The fourth-order valence-corrected chi connectivity index (χ4v) is 2.39. The van der Waals surface area contributed by atoms with Gasteiger partial charge in [0.25, 0.3) is 0 Å². The Labute approximate surface area is 116 Å². The van der Waals surface area contributed by atoms with Gasteiger partial charge in [0.15, 0.2) is 0 Å². The van der Waals surface area contributed by atoms with Crippen molar-refractivity contribution >= 4 is 22.6 Å². The van der Waals surface area contributed by atoms with Gasteiger partial charge < -0.3 is 5.32 Å². The molecule has 2 aromatic rings. The van der Waals surface area contributed by atoms with Crippen LogP contribution in [0.15, 0.2) is 54.6 Å². The molecular formula is C15H16IN. The van der Waals surface area contributed by atoms with E-state index in [0.29, 0.717) is 6.04 Å². The van der Waals surface area contributed by atoms with Crippen molar-refractivity contribution in [3.05, 3.63) is 69.3 Å². The average molecular weight is 337 g/mol. The summed E-state index contributed by atoms with van der Waals surface area (Å²) in [5.74, 6) is 0. The second kappa shape index (κ2) is 6.17. The zero-order chi connectivity index (χ0) is 12.1. The maximum Gasteiger partial charge on any atom is 0.0294 e. The van der Waals surface area contributed by atoms with Gasteiger partial charge in [-0.1, -0.05) is 42.5 Å². The predicted molar refractivity (Wildman–Crippen MR) is 80.9 cm³/mol. The molecule has 0 amide bonds. The van der Waals surface area contributed by atoms with Gasteiger partial charge in [-0.05, 0) is 52.8 Å². The zero-order valence-corrected chi connectivity index (χ0v) is 12.0. The fourth-order valence-electron chi connectivity index (χ4n) is 1.78. The summed E-state index contributed by atoms with van der Waals surface area (Å²) in [7, 11) is 0. The molecule has 0 fully saturated rings. The van der Waals surface area contributed by atoms with Gasteiger partial charge in [0.1, 0.15) is 0 Å². The maximum absolute atomic E-state index is 3.54. The zero-order valence-electron chi connectivity index (χ0n) is 9.86. The maximum atomic E-state index is 3.54. The highest BCUT2D eigenvalue weighted by atomic mass is 127. The minimum absolute atomic E-state index is 0.383. The van der Waals surface area contributed by atoms with Gasteiger partial charge in [0, 0.05) is 16.2 Å². The minimum atomic E-state index is 0.383. The molecule has 0 aliphatic rings. The summed E-state index contributed by atoms with van der Waals surface area (Å²) in [6.07, 6.45) is 0. The van der Waals surface area contributed by atoms with Crippen molar-refractivity contribution in [3.8, 4) is 0 Å². The Kier molecular flexibility index (Phi) is 4.57. The second-order valence-electron chi connectivity index (χ2n) is 4.14. The monoisotopic (exact) mass is 337 g/mol. The van der Waals surface area contributed by atoms with Crippen LogP contribution in [0.2, 0.25) is 0 Å². The molecule has 2 aromatic carbocycles. The third kappa shape index (κ3) is 3.82. The average Bonchev–Trinajstić information content (AvgIpc) is 2.37. The topological polar surface area (TPSA) is 12.0 Å². The highest BCUT2D eigenvalue weighted by Crippen LogP contribution is 2.13. The van der Waals surface area contributed by atoms with Crippen LogP contribution in [0.5, 0.6) is 0 Å². The molecule has 2 heteroatoms. The number of rotatable bonds is 4. The normalized spacial score (nSPS) is 12.4. The van der Waals surface area contributed by atoms with E-state index in [1.54, 1.807) is 0 Å². The molecule has 0 radical (unpaired) electrons. The number of nitrogens with one attached hydrogen (secondary N) is 1. The molecule has 0 aliphatic heterocycles. The Morgan fingerprint density at radius 2 is 1.82 bits per heavy atom. The van der Waals surface area contributed by atoms with E-state index in [-0.39, 0.29) is 0 Å². The molecule has 88 valence electrons. The largest absolute Gasteiger partial charge is 0.306 e. The van der Waals surface area contributed by atoms with Crippen molar-refractivity contribution in [2.75, 3.05) is 0 Å². The number of benzene rings is 2. The Morgan fingerprint density at radius 3 is 2.53 bits per heavy atom. The van der Waals surface area contributed by atoms with Crippen LogP contribution in [-0.2, 0) is 6.54 Å². The molecule has 17 heavy (non-hydrogen) atoms. The first kappa shape index (κ1) is 12.6.